The minimum Gasteiger partial charge on any atom is -0.332 e. The Kier molecular flexibility index (Phi) is 4.20. The molecule has 29 heavy (non-hydrogen) atoms. The number of aromatic nitrogens is 1. The largest absolute Gasteiger partial charge is 0.332 e. The van der Waals surface area contributed by atoms with E-state index < -0.39 is 0 Å². The fourth-order valence-corrected chi connectivity index (χ4v) is 5.17. The standard InChI is InChI=1S/C22H18FN3O2S/c1-13-18(27)8-9-25-20(13)22(28)24-12-26(25)21-16-4-2-3-5-19(16)29-11-14-6-7-15(23)10-17(14)21/h2-10,21H,11-12H2,1H3,(H,24,28). The Morgan fingerprint density at radius 2 is 1.93 bits per heavy atom. The fraction of sp³-hybridized carbons (Fsp3) is 0.182. The number of hydrogen-bond acceptors (Lipinski definition) is 4. The number of fused-ring (bicyclic) bond motifs is 3. The highest BCUT2D eigenvalue weighted by Gasteiger charge is 2.34. The Labute approximate surface area is 171 Å². The van der Waals surface area contributed by atoms with Gasteiger partial charge in [-0.3, -0.25) is 19.3 Å². The first-order chi connectivity index (χ1) is 14.0. The molecule has 1 amide bonds. The van der Waals surface area contributed by atoms with Gasteiger partial charge in [-0.2, -0.15) is 0 Å². The van der Waals surface area contributed by atoms with Crippen molar-refractivity contribution in [1.82, 2.24) is 9.99 Å². The second-order valence-corrected chi connectivity index (χ2v) is 8.19. The molecule has 2 aliphatic rings. The number of benzene rings is 2. The van der Waals surface area contributed by atoms with Crippen LogP contribution in [0.4, 0.5) is 4.39 Å². The molecular weight excluding hydrogens is 389 g/mol. The molecule has 7 heteroatoms. The maximum absolute atomic E-state index is 14.3. The van der Waals surface area contributed by atoms with E-state index in [-0.39, 0.29) is 29.9 Å². The van der Waals surface area contributed by atoms with Crippen LogP contribution in [0.15, 0.2) is 64.4 Å². The quantitative estimate of drug-likeness (QED) is 0.672. The molecule has 0 radical (unpaired) electrons. The van der Waals surface area contributed by atoms with Gasteiger partial charge in [-0.1, -0.05) is 24.3 Å². The molecule has 0 fully saturated rings. The summed E-state index contributed by atoms with van der Waals surface area (Å²) in [6, 6.07) is 14.1. The van der Waals surface area contributed by atoms with Gasteiger partial charge in [0.15, 0.2) is 5.43 Å². The zero-order valence-corrected chi connectivity index (χ0v) is 16.5. The zero-order valence-electron chi connectivity index (χ0n) is 15.7. The van der Waals surface area contributed by atoms with Crippen molar-refractivity contribution in [2.24, 2.45) is 0 Å². The van der Waals surface area contributed by atoms with Crippen LogP contribution in [0.25, 0.3) is 0 Å². The lowest BCUT2D eigenvalue weighted by Crippen LogP contribution is -2.54. The van der Waals surface area contributed by atoms with E-state index in [0.29, 0.717) is 11.3 Å². The summed E-state index contributed by atoms with van der Waals surface area (Å²) >= 11 is 1.72. The number of rotatable bonds is 1. The molecule has 2 aromatic carbocycles. The third kappa shape index (κ3) is 2.84. The Morgan fingerprint density at radius 3 is 2.79 bits per heavy atom. The molecule has 1 aromatic heterocycles. The first-order valence-corrected chi connectivity index (χ1v) is 10.3. The summed E-state index contributed by atoms with van der Waals surface area (Å²) < 4.78 is 16.0. The van der Waals surface area contributed by atoms with E-state index in [1.807, 2.05) is 29.3 Å². The third-order valence-corrected chi connectivity index (χ3v) is 6.65. The van der Waals surface area contributed by atoms with E-state index in [9.17, 15) is 14.0 Å². The maximum Gasteiger partial charge on any atom is 0.271 e. The average Bonchev–Trinajstić information content (AvgIpc) is 2.87. The van der Waals surface area contributed by atoms with Crippen molar-refractivity contribution in [2.45, 2.75) is 23.6 Å². The summed E-state index contributed by atoms with van der Waals surface area (Å²) in [5.41, 5.74) is 3.48. The minimum atomic E-state index is -0.312. The summed E-state index contributed by atoms with van der Waals surface area (Å²) in [6.07, 6.45) is 1.63. The molecule has 5 nitrogen and oxygen atoms in total. The van der Waals surface area contributed by atoms with Gasteiger partial charge in [0.05, 0.1) is 6.04 Å². The van der Waals surface area contributed by atoms with Gasteiger partial charge in [0.2, 0.25) is 0 Å². The van der Waals surface area contributed by atoms with E-state index in [1.54, 1.807) is 35.6 Å². The number of pyridine rings is 1. The Morgan fingerprint density at radius 1 is 1.10 bits per heavy atom. The first-order valence-electron chi connectivity index (χ1n) is 9.32. The summed E-state index contributed by atoms with van der Waals surface area (Å²) in [4.78, 5) is 25.8. The van der Waals surface area contributed by atoms with Crippen molar-refractivity contribution in [1.29, 1.82) is 0 Å². The second kappa shape index (κ2) is 6.77. The van der Waals surface area contributed by atoms with Crippen LogP contribution in [0.2, 0.25) is 0 Å². The van der Waals surface area contributed by atoms with Gasteiger partial charge in [0, 0.05) is 28.5 Å². The van der Waals surface area contributed by atoms with Gasteiger partial charge in [-0.05, 0) is 41.8 Å². The highest BCUT2D eigenvalue weighted by atomic mass is 32.2. The monoisotopic (exact) mass is 407 g/mol. The number of thioether (sulfide) groups is 1. The predicted octanol–water partition coefficient (Wildman–Crippen LogP) is 3.33. The van der Waals surface area contributed by atoms with Crippen LogP contribution in [0.3, 0.4) is 0 Å². The molecule has 0 spiro atoms. The van der Waals surface area contributed by atoms with Gasteiger partial charge in [-0.15, -0.1) is 11.8 Å². The molecule has 5 rings (SSSR count). The van der Waals surface area contributed by atoms with Gasteiger partial charge in [-0.25, -0.2) is 4.39 Å². The van der Waals surface area contributed by atoms with Crippen LogP contribution in [0.1, 0.15) is 38.8 Å². The van der Waals surface area contributed by atoms with Crippen LogP contribution in [-0.4, -0.2) is 17.3 Å². The highest BCUT2D eigenvalue weighted by molar-refractivity contribution is 7.98. The molecule has 0 saturated carbocycles. The number of hydrogen-bond donors (Lipinski definition) is 1. The van der Waals surface area contributed by atoms with Crippen LogP contribution in [0, 0.1) is 12.7 Å². The van der Waals surface area contributed by atoms with E-state index in [2.05, 4.69) is 11.4 Å². The molecule has 1 atom stereocenters. The molecule has 146 valence electrons. The average molecular weight is 407 g/mol. The van der Waals surface area contributed by atoms with Crippen molar-refractivity contribution in [3.8, 4) is 0 Å². The van der Waals surface area contributed by atoms with Gasteiger partial charge in [0.1, 0.15) is 18.2 Å². The Hall–Kier alpha value is -3.06. The Bertz CT molecular complexity index is 1210. The lowest BCUT2D eigenvalue weighted by atomic mass is 9.94. The smallest absolute Gasteiger partial charge is 0.271 e. The predicted molar refractivity (Wildman–Crippen MR) is 110 cm³/mol. The van der Waals surface area contributed by atoms with Gasteiger partial charge >= 0.3 is 0 Å². The van der Waals surface area contributed by atoms with E-state index in [0.717, 1.165) is 27.3 Å². The minimum absolute atomic E-state index is 0.184. The summed E-state index contributed by atoms with van der Waals surface area (Å²) in [7, 11) is 0. The number of nitrogens with zero attached hydrogens (tertiary/aromatic N) is 2. The molecule has 0 saturated heterocycles. The van der Waals surface area contributed by atoms with Crippen LogP contribution in [-0.2, 0) is 5.75 Å². The lowest BCUT2D eigenvalue weighted by Gasteiger charge is -2.40. The fourth-order valence-electron chi connectivity index (χ4n) is 4.08. The van der Waals surface area contributed by atoms with Crippen molar-refractivity contribution in [3.05, 3.63) is 98.7 Å². The van der Waals surface area contributed by atoms with Crippen LogP contribution in [0.5, 0.6) is 0 Å². The molecule has 0 aliphatic carbocycles. The van der Waals surface area contributed by atoms with Crippen LogP contribution < -0.4 is 15.8 Å². The molecule has 3 heterocycles. The number of nitrogens with one attached hydrogen (secondary N) is 1. The normalized spacial score (nSPS) is 17.7. The first kappa shape index (κ1) is 18.0. The van der Waals surface area contributed by atoms with E-state index in [4.69, 9.17) is 0 Å². The number of halogens is 1. The molecule has 0 bridgehead atoms. The third-order valence-electron chi connectivity index (χ3n) is 5.51. The van der Waals surface area contributed by atoms with Crippen molar-refractivity contribution < 1.29 is 9.18 Å². The summed E-state index contributed by atoms with van der Waals surface area (Å²) in [5, 5.41) is 4.86. The maximum atomic E-state index is 14.3. The molecule has 1 unspecified atom stereocenters. The number of carbonyl (C=O) groups excluding carboxylic acids is 1. The molecular formula is C22H18FN3O2S. The topological polar surface area (TPSA) is 54.3 Å². The van der Waals surface area contributed by atoms with Gasteiger partial charge in [0.25, 0.3) is 5.91 Å². The SMILES string of the molecule is Cc1c2n(ccc1=O)N(C1c3cc(F)ccc3CSc3ccccc31)CNC2=O. The molecule has 3 aromatic rings. The summed E-state index contributed by atoms with van der Waals surface area (Å²) in [6.45, 7) is 1.90. The van der Waals surface area contributed by atoms with E-state index in [1.165, 1.54) is 12.1 Å². The van der Waals surface area contributed by atoms with Crippen molar-refractivity contribution in [2.75, 3.05) is 11.7 Å². The van der Waals surface area contributed by atoms with Gasteiger partial charge < -0.3 is 5.32 Å². The summed E-state index contributed by atoms with van der Waals surface area (Å²) in [5.74, 6) is 0.155. The Balaban J connectivity index is 1.78. The second-order valence-electron chi connectivity index (χ2n) is 7.17. The number of amides is 1. The lowest BCUT2D eigenvalue weighted by molar-refractivity contribution is 0.0919. The van der Waals surface area contributed by atoms with E-state index >= 15 is 0 Å². The highest BCUT2D eigenvalue weighted by Crippen LogP contribution is 2.42. The van der Waals surface area contributed by atoms with Crippen molar-refractivity contribution >= 4 is 17.7 Å². The van der Waals surface area contributed by atoms with Crippen LogP contribution >= 0.6 is 11.8 Å². The molecule has 2 aliphatic heterocycles. The van der Waals surface area contributed by atoms with Crippen molar-refractivity contribution in [3.63, 3.8) is 0 Å². The number of carbonyl (C=O) groups is 1. The molecule has 1 N–H and O–H groups in total. The zero-order chi connectivity index (χ0) is 20.1.